The molecule has 4 aliphatic rings. The van der Waals surface area contributed by atoms with Gasteiger partial charge in [-0.2, -0.15) is 0 Å². The van der Waals surface area contributed by atoms with Crippen molar-refractivity contribution in [3.63, 3.8) is 0 Å². The van der Waals surface area contributed by atoms with Crippen molar-refractivity contribution in [1.29, 1.82) is 0 Å². The standard InChI is InChI=1S/2C11H18NSi.2ClH.Zr/c2*1-13(2,11-7-3-4-8-11)12-9-5-6-10-12;;;/h2*3,7H,4-6,9-10H2,1-2H3;2*1H;. The SMILES string of the molecule is C[Si](C)(C1=[C]([Zr][C]2=C([Si](C)(C)N3CCCC3)C=CC2)CC=C1)N1CCCC1.Cl.Cl. The third kappa shape index (κ3) is 5.24. The van der Waals surface area contributed by atoms with Crippen molar-refractivity contribution in [1.82, 2.24) is 9.13 Å². The topological polar surface area (TPSA) is 6.48 Å². The van der Waals surface area contributed by atoms with Crippen molar-refractivity contribution < 1.29 is 23.2 Å². The van der Waals surface area contributed by atoms with Crippen LogP contribution in [0, 0.1) is 0 Å². The Labute approximate surface area is 204 Å². The van der Waals surface area contributed by atoms with E-state index >= 15 is 0 Å². The van der Waals surface area contributed by atoms with Crippen LogP contribution in [0.5, 0.6) is 0 Å². The van der Waals surface area contributed by atoms with Gasteiger partial charge in [-0.25, -0.2) is 0 Å². The van der Waals surface area contributed by atoms with Crippen LogP contribution in [0.4, 0.5) is 0 Å². The molecule has 162 valence electrons. The Kier molecular flexibility index (Phi) is 9.51. The van der Waals surface area contributed by atoms with Crippen molar-refractivity contribution in [2.24, 2.45) is 0 Å². The Balaban J connectivity index is 0.00000150. The second kappa shape index (κ2) is 10.6. The summed E-state index contributed by atoms with van der Waals surface area (Å²) in [5.74, 6) is 0. The van der Waals surface area contributed by atoms with E-state index in [0.717, 1.165) is 0 Å². The van der Waals surface area contributed by atoms with Crippen LogP contribution in [0.15, 0.2) is 41.3 Å². The monoisotopic (exact) mass is 546 g/mol. The van der Waals surface area contributed by atoms with E-state index in [1.165, 1.54) is 64.7 Å². The van der Waals surface area contributed by atoms with E-state index in [0.29, 0.717) is 0 Å². The van der Waals surface area contributed by atoms with Crippen molar-refractivity contribution in [3.8, 4) is 0 Å². The minimum atomic E-state index is -1.44. The number of allylic oxidation sites excluding steroid dienone is 8. The molecule has 0 aromatic heterocycles. The minimum Gasteiger partial charge on any atom is -0.147 e. The first-order chi connectivity index (χ1) is 12.9. The van der Waals surface area contributed by atoms with Crippen molar-refractivity contribution in [3.05, 3.63) is 41.3 Å². The number of rotatable bonds is 6. The van der Waals surface area contributed by atoms with Gasteiger partial charge in [0.2, 0.25) is 0 Å². The molecule has 0 radical (unpaired) electrons. The van der Waals surface area contributed by atoms with E-state index in [2.05, 4.69) is 59.6 Å². The molecule has 0 unspecified atom stereocenters. The van der Waals surface area contributed by atoms with E-state index in [1.54, 1.807) is 0 Å². The van der Waals surface area contributed by atoms with Gasteiger partial charge in [0.1, 0.15) is 0 Å². The third-order valence-electron chi connectivity index (χ3n) is 7.28. The second-order valence-corrected chi connectivity index (χ2v) is 21.8. The Bertz CT molecular complexity index is 656. The first kappa shape index (κ1) is 26.0. The summed E-state index contributed by atoms with van der Waals surface area (Å²) in [6, 6.07) is 0. The molecule has 0 saturated carbocycles. The van der Waals surface area contributed by atoms with Crippen LogP contribution >= 0.6 is 24.8 Å². The fourth-order valence-electron chi connectivity index (χ4n) is 5.47. The first-order valence-electron chi connectivity index (χ1n) is 11.0. The molecule has 4 rings (SSSR count). The van der Waals surface area contributed by atoms with Crippen molar-refractivity contribution in [2.45, 2.75) is 64.7 Å². The smallest absolute Gasteiger partial charge is 0.147 e. The Morgan fingerprint density at radius 1 is 0.655 bits per heavy atom. The molecule has 29 heavy (non-hydrogen) atoms. The molecule has 0 bridgehead atoms. The Morgan fingerprint density at radius 2 is 1.00 bits per heavy atom. The van der Waals surface area contributed by atoms with E-state index in [1.807, 2.05) is 17.0 Å². The largest absolute Gasteiger partial charge is 0.147 e. The minimum absolute atomic E-state index is 0. The van der Waals surface area contributed by atoms with Gasteiger partial charge in [-0.3, -0.25) is 0 Å². The normalized spacial score (nSPS) is 23.2. The van der Waals surface area contributed by atoms with Crippen LogP contribution in [0.3, 0.4) is 0 Å². The fourth-order valence-corrected chi connectivity index (χ4v) is 20.1. The van der Waals surface area contributed by atoms with Crippen LogP contribution in [-0.2, 0) is 23.2 Å². The van der Waals surface area contributed by atoms with Gasteiger partial charge in [0.15, 0.2) is 0 Å². The number of nitrogens with zero attached hydrogens (tertiary/aromatic N) is 2. The molecule has 0 aromatic carbocycles. The molecular weight excluding hydrogens is 511 g/mol. The molecule has 7 heteroatoms. The summed E-state index contributed by atoms with van der Waals surface area (Å²) in [4.78, 5) is 0. The van der Waals surface area contributed by atoms with E-state index in [9.17, 15) is 0 Å². The zero-order valence-electron chi connectivity index (χ0n) is 18.6. The van der Waals surface area contributed by atoms with Crippen LogP contribution in [-0.4, -0.2) is 51.8 Å². The van der Waals surface area contributed by atoms with Gasteiger partial charge in [-0.1, -0.05) is 0 Å². The molecule has 2 nitrogen and oxygen atoms in total. The summed E-state index contributed by atoms with van der Waals surface area (Å²) in [5, 5.41) is 3.66. The molecule has 2 aliphatic carbocycles. The molecule has 0 atom stereocenters. The average molecular weight is 549 g/mol. The summed E-state index contributed by atoms with van der Waals surface area (Å²) in [7, 11) is -2.88. The molecule has 0 N–H and O–H groups in total. The summed E-state index contributed by atoms with van der Waals surface area (Å²) < 4.78 is 9.60. The first-order valence-corrected chi connectivity index (χ1v) is 19.3. The van der Waals surface area contributed by atoms with Gasteiger partial charge in [0.25, 0.3) is 0 Å². The fraction of sp³-hybridized carbons (Fsp3) is 0.636. The van der Waals surface area contributed by atoms with E-state index < -0.39 is 39.7 Å². The van der Waals surface area contributed by atoms with Gasteiger partial charge in [-0.05, 0) is 0 Å². The van der Waals surface area contributed by atoms with Gasteiger partial charge in [-0.15, -0.1) is 24.8 Å². The quantitative estimate of drug-likeness (QED) is 0.375. The number of hydrogen-bond acceptors (Lipinski definition) is 2. The van der Waals surface area contributed by atoms with Crippen LogP contribution in [0.1, 0.15) is 38.5 Å². The summed E-state index contributed by atoms with van der Waals surface area (Å²) >= 11 is -0.636. The van der Waals surface area contributed by atoms with Gasteiger partial charge in [0, 0.05) is 0 Å². The molecular formula is C22H38Cl2N2Si2Zr. The maximum absolute atomic E-state index is 2.88. The van der Waals surface area contributed by atoms with Crippen LogP contribution < -0.4 is 0 Å². The summed E-state index contributed by atoms with van der Waals surface area (Å²) in [5.41, 5.74) is 0. The molecule has 0 aromatic rings. The predicted molar refractivity (Wildman–Crippen MR) is 133 cm³/mol. The van der Waals surface area contributed by atoms with Gasteiger partial charge >= 0.3 is 181 Å². The van der Waals surface area contributed by atoms with E-state index in [-0.39, 0.29) is 24.8 Å². The third-order valence-corrected chi connectivity index (χ3v) is 19.9. The predicted octanol–water partition coefficient (Wildman–Crippen LogP) is 6.02. The number of halogens is 2. The maximum Gasteiger partial charge on any atom is -0.147 e. The molecule has 2 aliphatic heterocycles. The molecule has 2 saturated heterocycles. The molecule has 0 amide bonds. The Hall–Kier alpha value is 0.777. The average Bonchev–Trinajstić information content (AvgIpc) is 3.40. The zero-order valence-corrected chi connectivity index (χ0v) is 24.7. The molecule has 2 fully saturated rings. The molecule has 2 heterocycles. The maximum atomic E-state index is 2.88. The van der Waals surface area contributed by atoms with Crippen molar-refractivity contribution in [2.75, 3.05) is 26.2 Å². The van der Waals surface area contributed by atoms with Crippen molar-refractivity contribution >= 4 is 41.3 Å². The van der Waals surface area contributed by atoms with E-state index in [4.69, 9.17) is 0 Å². The summed E-state index contributed by atoms with van der Waals surface area (Å²) in [6.07, 6.45) is 18.3. The zero-order chi connectivity index (χ0) is 19.1. The molecule has 0 spiro atoms. The number of hydrogen-bond donors (Lipinski definition) is 0. The second-order valence-electron chi connectivity index (χ2n) is 9.63. The summed E-state index contributed by atoms with van der Waals surface area (Å²) in [6.45, 7) is 15.9. The van der Waals surface area contributed by atoms with Crippen LogP contribution in [0.25, 0.3) is 0 Å². The van der Waals surface area contributed by atoms with Gasteiger partial charge in [0.05, 0.1) is 0 Å². The van der Waals surface area contributed by atoms with Gasteiger partial charge < -0.3 is 0 Å². The van der Waals surface area contributed by atoms with Crippen LogP contribution in [0.2, 0.25) is 26.2 Å². The Morgan fingerprint density at radius 3 is 1.34 bits per heavy atom.